The van der Waals surface area contributed by atoms with Gasteiger partial charge in [0.2, 0.25) is 0 Å². The maximum absolute atomic E-state index is 6.28. The van der Waals surface area contributed by atoms with Gasteiger partial charge < -0.3 is 15.1 Å². The van der Waals surface area contributed by atoms with Crippen LogP contribution in [0.3, 0.4) is 0 Å². The van der Waals surface area contributed by atoms with Gasteiger partial charge in [0.25, 0.3) is 0 Å². The topological polar surface area (TPSA) is 30.9 Å². The average Bonchev–Trinajstić information content (AvgIpc) is 3.33. The monoisotopic (exact) mass is 306 g/mol. The predicted molar refractivity (Wildman–Crippen MR) is 89.3 cm³/mol. The minimum absolute atomic E-state index is 0.835. The molecule has 4 nitrogen and oxygen atoms in total. The van der Waals surface area contributed by atoms with Crippen LogP contribution in [0.4, 0.5) is 5.69 Å². The van der Waals surface area contributed by atoms with Crippen molar-refractivity contribution in [2.75, 3.05) is 44.7 Å². The third-order valence-corrected chi connectivity index (χ3v) is 4.55. The summed E-state index contributed by atoms with van der Waals surface area (Å²) in [5, 5.41) is 4.33. The van der Waals surface area contributed by atoms with E-state index < -0.39 is 0 Å². The van der Waals surface area contributed by atoms with Crippen LogP contribution in [-0.4, -0.2) is 50.6 Å². The molecule has 5 heteroatoms. The molecule has 21 heavy (non-hydrogen) atoms. The first-order chi connectivity index (χ1) is 10.3. The number of hydrogen-bond acceptors (Lipinski definition) is 2. The summed E-state index contributed by atoms with van der Waals surface area (Å²) >= 11 is 6.28. The number of halogens is 1. The van der Waals surface area contributed by atoms with Gasteiger partial charge in [0.15, 0.2) is 5.96 Å². The molecule has 0 bridgehead atoms. The van der Waals surface area contributed by atoms with Gasteiger partial charge in [-0.1, -0.05) is 23.7 Å². The summed E-state index contributed by atoms with van der Waals surface area (Å²) in [7, 11) is 1.87. The molecule has 1 aromatic carbocycles. The lowest BCUT2D eigenvalue weighted by Crippen LogP contribution is -2.52. The third kappa shape index (κ3) is 3.62. The normalized spacial score (nSPS) is 19.8. The summed E-state index contributed by atoms with van der Waals surface area (Å²) in [5.41, 5.74) is 1.14. The molecule has 0 unspecified atom stereocenters. The number of hydrogen-bond donors (Lipinski definition) is 1. The van der Waals surface area contributed by atoms with Gasteiger partial charge in [-0.3, -0.25) is 4.99 Å². The summed E-state index contributed by atoms with van der Waals surface area (Å²) in [5.74, 6) is 1.91. The van der Waals surface area contributed by atoms with Crippen molar-refractivity contribution in [3.63, 3.8) is 0 Å². The number of rotatable bonds is 3. The number of anilines is 1. The molecule has 0 radical (unpaired) electrons. The van der Waals surface area contributed by atoms with Crippen LogP contribution >= 0.6 is 11.6 Å². The highest BCUT2D eigenvalue weighted by Gasteiger charge is 2.24. The number of benzene rings is 1. The molecule has 1 saturated carbocycles. The Labute approximate surface area is 131 Å². The second kappa shape index (κ2) is 6.56. The van der Waals surface area contributed by atoms with Crippen LogP contribution in [0.1, 0.15) is 12.8 Å². The van der Waals surface area contributed by atoms with Gasteiger partial charge in [-0.05, 0) is 30.9 Å². The quantitative estimate of drug-likeness (QED) is 0.687. The highest BCUT2D eigenvalue weighted by Crippen LogP contribution is 2.28. The molecule has 1 aliphatic heterocycles. The van der Waals surface area contributed by atoms with Crippen molar-refractivity contribution in [1.29, 1.82) is 0 Å². The van der Waals surface area contributed by atoms with Crippen molar-refractivity contribution < 1.29 is 0 Å². The molecule has 0 atom stereocenters. The van der Waals surface area contributed by atoms with E-state index >= 15 is 0 Å². The highest BCUT2D eigenvalue weighted by molar-refractivity contribution is 6.33. The van der Waals surface area contributed by atoms with E-state index in [0.717, 1.165) is 55.3 Å². The van der Waals surface area contributed by atoms with Gasteiger partial charge in [0.05, 0.1) is 10.7 Å². The zero-order valence-corrected chi connectivity index (χ0v) is 13.3. The van der Waals surface area contributed by atoms with Crippen LogP contribution in [-0.2, 0) is 0 Å². The SMILES string of the molecule is CN=C(NCC1CC1)N1CCN(c2ccccc2Cl)CC1. The van der Waals surface area contributed by atoms with Crippen molar-refractivity contribution in [3.8, 4) is 0 Å². The van der Waals surface area contributed by atoms with E-state index in [1.807, 2.05) is 25.2 Å². The van der Waals surface area contributed by atoms with Crippen LogP contribution < -0.4 is 10.2 Å². The molecule has 2 aliphatic rings. The van der Waals surface area contributed by atoms with E-state index in [4.69, 9.17) is 11.6 Å². The summed E-state index contributed by atoms with van der Waals surface area (Å²) in [4.78, 5) is 9.11. The zero-order chi connectivity index (χ0) is 14.7. The Morgan fingerprint density at radius 3 is 2.57 bits per heavy atom. The molecule has 1 heterocycles. The Hall–Kier alpha value is -1.42. The molecular weight excluding hydrogens is 284 g/mol. The molecule has 1 saturated heterocycles. The van der Waals surface area contributed by atoms with E-state index in [0.29, 0.717) is 0 Å². The molecular formula is C16H23ClN4. The predicted octanol–water partition coefficient (Wildman–Crippen LogP) is 2.45. The first-order valence-corrected chi connectivity index (χ1v) is 8.11. The van der Waals surface area contributed by atoms with Crippen LogP contribution in [0.25, 0.3) is 0 Å². The number of guanidine groups is 1. The maximum atomic E-state index is 6.28. The fourth-order valence-electron chi connectivity index (χ4n) is 2.76. The van der Waals surface area contributed by atoms with Gasteiger partial charge in [-0.15, -0.1) is 0 Å². The lowest BCUT2D eigenvalue weighted by molar-refractivity contribution is 0.372. The van der Waals surface area contributed by atoms with E-state index in [2.05, 4.69) is 26.2 Å². The van der Waals surface area contributed by atoms with Gasteiger partial charge in [-0.2, -0.15) is 0 Å². The second-order valence-electron chi connectivity index (χ2n) is 5.80. The highest BCUT2D eigenvalue weighted by atomic mass is 35.5. The number of aliphatic imine (C=N–C) groups is 1. The Kier molecular flexibility index (Phi) is 4.54. The largest absolute Gasteiger partial charge is 0.367 e. The molecule has 2 fully saturated rings. The van der Waals surface area contributed by atoms with Gasteiger partial charge in [0, 0.05) is 39.8 Å². The summed E-state index contributed by atoms with van der Waals surface area (Å²) < 4.78 is 0. The molecule has 1 aromatic rings. The van der Waals surface area contributed by atoms with Crippen LogP contribution in [0, 0.1) is 5.92 Å². The summed E-state index contributed by atoms with van der Waals surface area (Å²) in [6.45, 7) is 4.99. The molecule has 0 spiro atoms. The first-order valence-electron chi connectivity index (χ1n) is 7.73. The zero-order valence-electron chi connectivity index (χ0n) is 12.6. The van der Waals surface area contributed by atoms with Crippen molar-refractivity contribution in [2.24, 2.45) is 10.9 Å². The Morgan fingerprint density at radius 1 is 1.24 bits per heavy atom. The number of nitrogens with one attached hydrogen (secondary N) is 1. The van der Waals surface area contributed by atoms with Crippen molar-refractivity contribution in [2.45, 2.75) is 12.8 Å². The van der Waals surface area contributed by atoms with E-state index in [1.54, 1.807) is 0 Å². The van der Waals surface area contributed by atoms with E-state index in [-0.39, 0.29) is 0 Å². The number of nitrogens with zero attached hydrogens (tertiary/aromatic N) is 3. The van der Waals surface area contributed by atoms with E-state index in [9.17, 15) is 0 Å². The van der Waals surface area contributed by atoms with Crippen LogP contribution in [0.15, 0.2) is 29.3 Å². The van der Waals surface area contributed by atoms with Crippen LogP contribution in [0.5, 0.6) is 0 Å². The van der Waals surface area contributed by atoms with Crippen molar-refractivity contribution in [1.82, 2.24) is 10.2 Å². The molecule has 0 aromatic heterocycles. The molecule has 3 rings (SSSR count). The van der Waals surface area contributed by atoms with Gasteiger partial charge >= 0.3 is 0 Å². The van der Waals surface area contributed by atoms with Crippen molar-refractivity contribution >= 4 is 23.2 Å². The Balaban J connectivity index is 1.55. The lowest BCUT2D eigenvalue weighted by atomic mass is 10.2. The average molecular weight is 307 g/mol. The molecule has 1 aliphatic carbocycles. The maximum Gasteiger partial charge on any atom is 0.193 e. The fraction of sp³-hybridized carbons (Fsp3) is 0.562. The molecule has 1 N–H and O–H groups in total. The third-order valence-electron chi connectivity index (χ3n) is 4.23. The second-order valence-corrected chi connectivity index (χ2v) is 6.20. The van der Waals surface area contributed by atoms with E-state index in [1.165, 1.54) is 12.8 Å². The van der Waals surface area contributed by atoms with Gasteiger partial charge in [-0.25, -0.2) is 0 Å². The minimum Gasteiger partial charge on any atom is -0.367 e. The standard InChI is InChI=1S/C16H23ClN4/c1-18-16(19-12-13-6-7-13)21-10-8-20(9-11-21)15-5-3-2-4-14(15)17/h2-5,13H,6-12H2,1H3,(H,18,19). The Bertz CT molecular complexity index is 505. The first kappa shape index (κ1) is 14.5. The molecule has 114 valence electrons. The summed E-state index contributed by atoms with van der Waals surface area (Å²) in [6.07, 6.45) is 2.73. The minimum atomic E-state index is 0.835. The molecule has 0 amide bonds. The van der Waals surface area contributed by atoms with Gasteiger partial charge in [0.1, 0.15) is 0 Å². The van der Waals surface area contributed by atoms with Crippen LogP contribution in [0.2, 0.25) is 5.02 Å². The smallest absolute Gasteiger partial charge is 0.193 e. The number of para-hydroxylation sites is 1. The fourth-order valence-corrected chi connectivity index (χ4v) is 3.01. The van der Waals surface area contributed by atoms with Crippen molar-refractivity contribution in [3.05, 3.63) is 29.3 Å². The number of piperazine rings is 1. The Morgan fingerprint density at radius 2 is 1.95 bits per heavy atom. The summed E-state index contributed by atoms with van der Waals surface area (Å²) in [6, 6.07) is 8.08. The lowest BCUT2D eigenvalue weighted by Gasteiger charge is -2.38.